The van der Waals surface area contributed by atoms with Crippen molar-refractivity contribution in [2.45, 2.75) is 31.2 Å². The number of fused-ring (bicyclic) bond motifs is 1. The van der Waals surface area contributed by atoms with Gasteiger partial charge < -0.3 is 10.2 Å². The summed E-state index contributed by atoms with van der Waals surface area (Å²) in [5, 5.41) is 4.35. The van der Waals surface area contributed by atoms with E-state index in [0.29, 0.717) is 22.3 Å². The molecule has 1 aliphatic heterocycles. The first-order chi connectivity index (χ1) is 15.3. The lowest BCUT2D eigenvalue weighted by Gasteiger charge is -2.28. The zero-order valence-electron chi connectivity index (χ0n) is 17.3. The van der Waals surface area contributed by atoms with Crippen molar-refractivity contribution in [2.75, 3.05) is 22.5 Å². The van der Waals surface area contributed by atoms with Crippen molar-refractivity contribution >= 4 is 61.1 Å². The molecule has 0 bridgehead atoms. The highest BCUT2D eigenvalue weighted by molar-refractivity contribution is 7.91. The monoisotopic (exact) mass is 509 g/mol. The number of anilines is 2. The van der Waals surface area contributed by atoms with Crippen molar-refractivity contribution in [3.63, 3.8) is 0 Å². The molecule has 2 heterocycles. The second kappa shape index (κ2) is 9.39. The molecule has 0 radical (unpaired) electrons. The van der Waals surface area contributed by atoms with Gasteiger partial charge in [-0.15, -0.1) is 0 Å². The number of thiazole rings is 1. The van der Waals surface area contributed by atoms with E-state index in [1.54, 1.807) is 13.0 Å². The minimum absolute atomic E-state index is 0.00815. The largest absolute Gasteiger partial charge is 0.365 e. The van der Waals surface area contributed by atoms with E-state index in [1.807, 2.05) is 24.3 Å². The first-order valence-electron chi connectivity index (χ1n) is 10.1. The Labute approximate surface area is 201 Å². The van der Waals surface area contributed by atoms with E-state index < -0.39 is 9.84 Å². The Balaban J connectivity index is 1.43. The number of rotatable bonds is 6. The van der Waals surface area contributed by atoms with Crippen LogP contribution in [0.15, 0.2) is 47.4 Å². The number of nitrogens with zero attached hydrogens (tertiary/aromatic N) is 2. The summed E-state index contributed by atoms with van der Waals surface area (Å²) in [4.78, 5) is 20.6. The molecule has 2 aromatic carbocycles. The minimum atomic E-state index is -3.35. The Bertz CT molecular complexity index is 1280. The van der Waals surface area contributed by atoms with Crippen LogP contribution in [0.5, 0.6) is 0 Å². The molecule has 0 unspecified atom stereocenters. The van der Waals surface area contributed by atoms with E-state index in [-0.39, 0.29) is 28.0 Å². The summed E-state index contributed by atoms with van der Waals surface area (Å²) in [6.07, 6.45) is 0.799. The van der Waals surface area contributed by atoms with Crippen LogP contribution >= 0.6 is 34.5 Å². The first kappa shape index (κ1) is 23.0. The lowest BCUT2D eigenvalue weighted by molar-refractivity contribution is -0.115. The Hall–Kier alpha value is -2.13. The van der Waals surface area contributed by atoms with E-state index in [2.05, 4.69) is 15.2 Å². The van der Waals surface area contributed by atoms with Gasteiger partial charge in [0.25, 0.3) is 0 Å². The standard InChI is InChI=1S/C22H21Cl2N3O3S2/c1-2-32(29,30)15-8-7-14(17(24)12-15)11-21(28)26-22-25-18-9-10-27(13-20(18)31-22)19-6-4-3-5-16(19)23/h3-8,12H,2,9-11,13H2,1H3,(H,25,26,28). The molecule has 0 saturated heterocycles. The first-order valence-corrected chi connectivity index (χ1v) is 13.3. The van der Waals surface area contributed by atoms with Crippen molar-refractivity contribution in [3.05, 3.63) is 68.6 Å². The fourth-order valence-electron chi connectivity index (χ4n) is 3.53. The van der Waals surface area contributed by atoms with E-state index in [4.69, 9.17) is 23.2 Å². The number of sulfone groups is 1. The number of halogens is 2. The van der Waals surface area contributed by atoms with Crippen LogP contribution < -0.4 is 10.2 Å². The molecule has 0 spiro atoms. The molecule has 1 amide bonds. The molecule has 1 N–H and O–H groups in total. The molecule has 1 aromatic heterocycles. The van der Waals surface area contributed by atoms with E-state index in [9.17, 15) is 13.2 Å². The Morgan fingerprint density at radius 3 is 2.69 bits per heavy atom. The van der Waals surface area contributed by atoms with Gasteiger partial charge >= 0.3 is 0 Å². The molecule has 3 aromatic rings. The average molecular weight is 510 g/mol. The zero-order valence-corrected chi connectivity index (χ0v) is 20.4. The summed E-state index contributed by atoms with van der Waals surface area (Å²) in [5.74, 6) is -0.266. The maximum atomic E-state index is 12.6. The molecule has 1 aliphatic rings. The van der Waals surface area contributed by atoms with Gasteiger partial charge in [-0.1, -0.05) is 59.7 Å². The van der Waals surface area contributed by atoms with Crippen LogP contribution in [-0.4, -0.2) is 31.6 Å². The van der Waals surface area contributed by atoms with Crippen LogP contribution in [0.25, 0.3) is 0 Å². The van der Waals surface area contributed by atoms with Crippen molar-refractivity contribution in [2.24, 2.45) is 0 Å². The number of amides is 1. The highest BCUT2D eigenvalue weighted by Gasteiger charge is 2.23. The third-order valence-electron chi connectivity index (χ3n) is 5.29. The molecule has 0 aliphatic carbocycles. The number of hydrogen-bond acceptors (Lipinski definition) is 6. The van der Waals surface area contributed by atoms with Gasteiger partial charge in [0.15, 0.2) is 15.0 Å². The molecule has 0 atom stereocenters. The molecule has 0 fully saturated rings. The second-order valence-corrected chi connectivity index (χ2v) is 11.6. The average Bonchev–Trinajstić information content (AvgIpc) is 3.16. The summed E-state index contributed by atoms with van der Waals surface area (Å²) in [5.41, 5.74) is 2.54. The fourth-order valence-corrected chi connectivity index (χ4v) is 6.04. The SMILES string of the molecule is CCS(=O)(=O)c1ccc(CC(=O)Nc2nc3c(s2)CN(c2ccccc2Cl)CC3)c(Cl)c1. The van der Waals surface area contributed by atoms with Crippen LogP contribution in [0.1, 0.15) is 23.1 Å². The zero-order chi connectivity index (χ0) is 22.9. The van der Waals surface area contributed by atoms with Crippen molar-refractivity contribution < 1.29 is 13.2 Å². The van der Waals surface area contributed by atoms with E-state index in [1.165, 1.54) is 23.5 Å². The number of carbonyl (C=O) groups excluding carboxylic acids is 1. The van der Waals surface area contributed by atoms with Crippen LogP contribution in [0.3, 0.4) is 0 Å². The van der Waals surface area contributed by atoms with E-state index >= 15 is 0 Å². The number of carbonyl (C=O) groups is 1. The normalized spacial score (nSPS) is 13.7. The number of hydrogen-bond donors (Lipinski definition) is 1. The van der Waals surface area contributed by atoms with Gasteiger partial charge in [0, 0.05) is 22.9 Å². The molecular weight excluding hydrogens is 489 g/mol. The highest BCUT2D eigenvalue weighted by atomic mass is 35.5. The molecule has 32 heavy (non-hydrogen) atoms. The third kappa shape index (κ3) is 4.93. The quantitative estimate of drug-likeness (QED) is 0.506. The van der Waals surface area contributed by atoms with Gasteiger partial charge in [-0.3, -0.25) is 4.79 Å². The van der Waals surface area contributed by atoms with Crippen LogP contribution in [0, 0.1) is 0 Å². The van der Waals surface area contributed by atoms with Crippen LogP contribution in [-0.2, 0) is 34.0 Å². The molecular formula is C22H21Cl2N3O3S2. The summed E-state index contributed by atoms with van der Waals surface area (Å²) in [6, 6.07) is 12.2. The predicted molar refractivity (Wildman–Crippen MR) is 130 cm³/mol. The maximum absolute atomic E-state index is 12.6. The Morgan fingerprint density at radius 1 is 1.19 bits per heavy atom. The van der Waals surface area contributed by atoms with Gasteiger partial charge in [0.05, 0.1) is 40.0 Å². The topological polar surface area (TPSA) is 79.4 Å². The predicted octanol–water partition coefficient (Wildman–Crippen LogP) is 4.99. The Kier molecular flexibility index (Phi) is 6.76. The van der Waals surface area contributed by atoms with Crippen molar-refractivity contribution in [3.8, 4) is 0 Å². The van der Waals surface area contributed by atoms with E-state index in [0.717, 1.165) is 29.2 Å². The molecule has 6 nitrogen and oxygen atoms in total. The van der Waals surface area contributed by atoms with Gasteiger partial charge in [-0.2, -0.15) is 0 Å². The maximum Gasteiger partial charge on any atom is 0.230 e. The highest BCUT2D eigenvalue weighted by Crippen LogP contribution is 2.34. The van der Waals surface area contributed by atoms with Crippen molar-refractivity contribution in [1.82, 2.24) is 4.98 Å². The molecule has 168 valence electrons. The summed E-state index contributed by atoms with van der Waals surface area (Å²) < 4.78 is 24.0. The van der Waals surface area contributed by atoms with Crippen LogP contribution in [0.4, 0.5) is 10.8 Å². The molecule has 0 saturated carbocycles. The second-order valence-electron chi connectivity index (χ2n) is 7.39. The van der Waals surface area contributed by atoms with Crippen LogP contribution in [0.2, 0.25) is 10.0 Å². The summed E-state index contributed by atoms with van der Waals surface area (Å²) >= 11 is 14.0. The lowest BCUT2D eigenvalue weighted by Crippen LogP contribution is -2.29. The Morgan fingerprint density at radius 2 is 1.97 bits per heavy atom. The molecule has 10 heteroatoms. The molecule has 4 rings (SSSR count). The van der Waals surface area contributed by atoms with Gasteiger partial charge in [0.1, 0.15) is 0 Å². The summed E-state index contributed by atoms with van der Waals surface area (Å²) in [6.45, 7) is 3.06. The number of nitrogens with one attached hydrogen (secondary N) is 1. The lowest BCUT2D eigenvalue weighted by atomic mass is 10.1. The van der Waals surface area contributed by atoms with Gasteiger partial charge in [-0.05, 0) is 29.8 Å². The number of aromatic nitrogens is 1. The minimum Gasteiger partial charge on any atom is -0.365 e. The van der Waals surface area contributed by atoms with Gasteiger partial charge in [0.2, 0.25) is 5.91 Å². The fraction of sp³-hybridized carbons (Fsp3) is 0.273. The van der Waals surface area contributed by atoms with Crippen molar-refractivity contribution in [1.29, 1.82) is 0 Å². The summed E-state index contributed by atoms with van der Waals surface area (Å²) in [7, 11) is -3.35. The third-order valence-corrected chi connectivity index (χ3v) is 8.69. The number of para-hydroxylation sites is 1. The number of benzene rings is 2. The van der Waals surface area contributed by atoms with Gasteiger partial charge in [-0.25, -0.2) is 13.4 Å². The smallest absolute Gasteiger partial charge is 0.230 e.